The average Bonchev–Trinajstić information content (AvgIpc) is 2.72. The van der Waals surface area contributed by atoms with Crippen LogP contribution in [0, 0.1) is 6.92 Å². The molecule has 1 aromatic heterocycles. The molecule has 100 valence electrons. The summed E-state index contributed by atoms with van der Waals surface area (Å²) in [5.41, 5.74) is 1.76. The van der Waals surface area contributed by atoms with E-state index < -0.39 is 0 Å². The smallest absolute Gasteiger partial charge is 0.265 e. The summed E-state index contributed by atoms with van der Waals surface area (Å²) in [6, 6.07) is 7.29. The summed E-state index contributed by atoms with van der Waals surface area (Å²) in [4.78, 5) is 12.8. The molecular formula is C13H11Br2NO2S. The number of ether oxygens (including phenoxy) is 1. The number of rotatable bonds is 3. The highest BCUT2D eigenvalue weighted by Crippen LogP contribution is 2.30. The lowest BCUT2D eigenvalue weighted by Gasteiger charge is -2.07. The second kappa shape index (κ2) is 6.07. The average molecular weight is 405 g/mol. The molecule has 19 heavy (non-hydrogen) atoms. The number of benzene rings is 1. The molecule has 0 spiro atoms. The summed E-state index contributed by atoms with van der Waals surface area (Å²) in [5, 5.41) is 2.85. The van der Waals surface area contributed by atoms with E-state index in [-0.39, 0.29) is 5.91 Å². The van der Waals surface area contributed by atoms with Crippen molar-refractivity contribution in [1.82, 2.24) is 0 Å². The predicted octanol–water partition coefficient (Wildman–Crippen LogP) is 4.84. The maximum absolute atomic E-state index is 12.1. The molecule has 0 atom stereocenters. The Morgan fingerprint density at radius 3 is 2.63 bits per heavy atom. The molecule has 1 amide bonds. The van der Waals surface area contributed by atoms with Crippen molar-refractivity contribution in [3.63, 3.8) is 0 Å². The Kier molecular flexibility index (Phi) is 4.65. The van der Waals surface area contributed by atoms with Gasteiger partial charge in [-0.05, 0) is 62.5 Å². The van der Waals surface area contributed by atoms with Crippen molar-refractivity contribution in [2.24, 2.45) is 0 Å². The van der Waals surface area contributed by atoms with E-state index >= 15 is 0 Å². The lowest BCUT2D eigenvalue weighted by atomic mass is 10.3. The molecule has 1 heterocycles. The maximum Gasteiger partial charge on any atom is 0.265 e. The Bertz CT molecular complexity index is 606. The van der Waals surface area contributed by atoms with Gasteiger partial charge in [0.2, 0.25) is 0 Å². The van der Waals surface area contributed by atoms with E-state index in [9.17, 15) is 4.79 Å². The van der Waals surface area contributed by atoms with E-state index in [1.54, 1.807) is 13.2 Å². The molecule has 0 bridgehead atoms. The molecule has 2 rings (SSSR count). The van der Waals surface area contributed by atoms with Gasteiger partial charge in [-0.2, -0.15) is 0 Å². The molecule has 0 fully saturated rings. The van der Waals surface area contributed by atoms with E-state index in [0.717, 1.165) is 13.8 Å². The fourth-order valence-electron chi connectivity index (χ4n) is 1.50. The predicted molar refractivity (Wildman–Crippen MR) is 85.4 cm³/mol. The first-order valence-electron chi connectivity index (χ1n) is 5.42. The molecule has 0 aliphatic heterocycles. The Balaban J connectivity index is 2.19. The van der Waals surface area contributed by atoms with Gasteiger partial charge in [0, 0.05) is 11.8 Å². The zero-order valence-corrected chi connectivity index (χ0v) is 14.3. The first kappa shape index (κ1) is 14.6. The van der Waals surface area contributed by atoms with Crippen molar-refractivity contribution < 1.29 is 9.53 Å². The normalized spacial score (nSPS) is 10.3. The van der Waals surface area contributed by atoms with E-state index in [2.05, 4.69) is 37.2 Å². The van der Waals surface area contributed by atoms with Gasteiger partial charge in [0.05, 0.1) is 20.2 Å². The highest BCUT2D eigenvalue weighted by molar-refractivity contribution is 9.11. The Morgan fingerprint density at radius 2 is 2.05 bits per heavy atom. The third kappa shape index (κ3) is 3.38. The van der Waals surface area contributed by atoms with Crippen LogP contribution in [0.15, 0.2) is 32.5 Å². The number of aryl methyl sites for hydroxylation is 1. The Morgan fingerprint density at radius 1 is 1.32 bits per heavy atom. The summed E-state index contributed by atoms with van der Waals surface area (Å²) in [6.07, 6.45) is 0. The Labute approximate surface area is 132 Å². The number of nitrogens with one attached hydrogen (secondary N) is 1. The van der Waals surface area contributed by atoms with E-state index in [4.69, 9.17) is 4.74 Å². The molecule has 0 saturated heterocycles. The van der Waals surface area contributed by atoms with Crippen molar-refractivity contribution in [3.8, 4) is 5.75 Å². The van der Waals surface area contributed by atoms with E-state index in [0.29, 0.717) is 16.3 Å². The van der Waals surface area contributed by atoms with E-state index in [1.165, 1.54) is 11.3 Å². The van der Waals surface area contributed by atoms with Gasteiger partial charge in [-0.1, -0.05) is 0 Å². The number of carbonyl (C=O) groups excluding carboxylic acids is 1. The van der Waals surface area contributed by atoms with Crippen molar-refractivity contribution >= 4 is 54.8 Å². The minimum absolute atomic E-state index is 0.122. The van der Waals surface area contributed by atoms with Crippen LogP contribution in [0.25, 0.3) is 0 Å². The van der Waals surface area contributed by atoms with Crippen LogP contribution in [0.3, 0.4) is 0 Å². The number of anilines is 1. The summed E-state index contributed by atoms with van der Waals surface area (Å²) < 4.78 is 7.02. The third-order valence-electron chi connectivity index (χ3n) is 2.49. The molecule has 0 aliphatic carbocycles. The lowest BCUT2D eigenvalue weighted by molar-refractivity contribution is 0.103. The molecule has 2 aromatic rings. The third-order valence-corrected chi connectivity index (χ3v) is 5.28. The molecular weight excluding hydrogens is 394 g/mol. The number of methoxy groups -OCH3 is 1. The van der Waals surface area contributed by atoms with E-state index in [1.807, 2.05) is 25.1 Å². The number of amides is 1. The molecule has 0 saturated carbocycles. The van der Waals surface area contributed by atoms with Crippen LogP contribution in [0.5, 0.6) is 5.75 Å². The van der Waals surface area contributed by atoms with Gasteiger partial charge in [0.25, 0.3) is 5.91 Å². The minimum atomic E-state index is -0.122. The summed E-state index contributed by atoms with van der Waals surface area (Å²) in [5.74, 6) is 0.560. The van der Waals surface area contributed by atoms with Crippen molar-refractivity contribution in [2.45, 2.75) is 6.92 Å². The second-order valence-electron chi connectivity index (χ2n) is 3.87. The molecule has 1 N–H and O–H groups in total. The number of carbonyl (C=O) groups is 1. The van der Waals surface area contributed by atoms with Crippen molar-refractivity contribution in [1.29, 1.82) is 0 Å². The zero-order valence-electron chi connectivity index (χ0n) is 10.3. The highest BCUT2D eigenvalue weighted by Gasteiger charge is 2.12. The number of hydrogen-bond acceptors (Lipinski definition) is 3. The molecule has 3 nitrogen and oxygen atoms in total. The molecule has 6 heteroatoms. The maximum atomic E-state index is 12.1. The monoisotopic (exact) mass is 403 g/mol. The van der Waals surface area contributed by atoms with Crippen LogP contribution in [0.2, 0.25) is 0 Å². The van der Waals surface area contributed by atoms with Crippen LogP contribution in [-0.2, 0) is 0 Å². The minimum Gasteiger partial charge on any atom is -0.495 e. The zero-order chi connectivity index (χ0) is 14.0. The SMILES string of the molecule is COc1cc(NC(=O)c2cc(C)c(Br)s2)ccc1Br. The Hall–Kier alpha value is -0.850. The van der Waals surface area contributed by atoms with Gasteiger partial charge in [0.15, 0.2) is 0 Å². The van der Waals surface area contributed by atoms with Crippen molar-refractivity contribution in [3.05, 3.63) is 43.0 Å². The first-order chi connectivity index (χ1) is 9.01. The van der Waals surface area contributed by atoms with Crippen LogP contribution >= 0.6 is 43.2 Å². The first-order valence-corrected chi connectivity index (χ1v) is 7.82. The van der Waals surface area contributed by atoms with Crippen LogP contribution in [-0.4, -0.2) is 13.0 Å². The molecule has 0 radical (unpaired) electrons. The molecule has 0 unspecified atom stereocenters. The van der Waals surface area contributed by atoms with Gasteiger partial charge < -0.3 is 10.1 Å². The summed E-state index contributed by atoms with van der Waals surface area (Å²) in [7, 11) is 1.59. The van der Waals surface area contributed by atoms with Gasteiger partial charge in [-0.15, -0.1) is 11.3 Å². The van der Waals surface area contributed by atoms with Crippen molar-refractivity contribution in [2.75, 3.05) is 12.4 Å². The lowest BCUT2D eigenvalue weighted by Crippen LogP contribution is -2.10. The number of halogens is 2. The van der Waals surface area contributed by atoms with Crippen LogP contribution < -0.4 is 10.1 Å². The highest BCUT2D eigenvalue weighted by atomic mass is 79.9. The topological polar surface area (TPSA) is 38.3 Å². The van der Waals surface area contributed by atoms with Gasteiger partial charge >= 0.3 is 0 Å². The molecule has 0 aliphatic rings. The number of hydrogen-bond donors (Lipinski definition) is 1. The quantitative estimate of drug-likeness (QED) is 0.794. The standard InChI is InChI=1S/C13H11Br2NO2S/c1-7-5-11(19-12(7)15)13(17)16-8-3-4-9(14)10(6-8)18-2/h3-6H,1-2H3,(H,16,17). The van der Waals surface area contributed by atoms with Crippen LogP contribution in [0.4, 0.5) is 5.69 Å². The molecule has 1 aromatic carbocycles. The second-order valence-corrected chi connectivity index (χ2v) is 7.10. The fourth-order valence-corrected chi connectivity index (χ4v) is 3.34. The largest absolute Gasteiger partial charge is 0.495 e. The number of thiophene rings is 1. The van der Waals surface area contributed by atoms with Crippen LogP contribution in [0.1, 0.15) is 15.2 Å². The summed E-state index contributed by atoms with van der Waals surface area (Å²) >= 11 is 8.21. The summed E-state index contributed by atoms with van der Waals surface area (Å²) in [6.45, 7) is 1.96. The fraction of sp³-hybridized carbons (Fsp3) is 0.154. The van der Waals surface area contributed by atoms with Gasteiger partial charge in [0.1, 0.15) is 5.75 Å². The van der Waals surface area contributed by atoms with Gasteiger partial charge in [-0.3, -0.25) is 4.79 Å². The van der Waals surface area contributed by atoms with Gasteiger partial charge in [-0.25, -0.2) is 0 Å².